The van der Waals surface area contributed by atoms with Crippen LogP contribution in [0, 0.1) is 25.7 Å². The normalized spacial score (nSPS) is 19.6. The molecule has 40 heavy (non-hydrogen) atoms. The Morgan fingerprint density at radius 2 is 1.15 bits per heavy atom. The van der Waals surface area contributed by atoms with Gasteiger partial charge in [-0.1, -0.05) is 60.9 Å². The maximum atomic E-state index is 14.0. The van der Waals surface area contributed by atoms with Crippen LogP contribution in [0.5, 0.6) is 5.75 Å². The molecule has 0 aliphatic carbocycles. The highest BCUT2D eigenvalue weighted by atomic mass is 16.5. The highest BCUT2D eigenvalue weighted by Gasteiger charge is 2.50. The lowest BCUT2D eigenvalue weighted by molar-refractivity contribution is -0.122. The average Bonchev–Trinajstić information content (AvgIpc) is 3.41. The molecule has 3 aromatic carbocycles. The van der Waals surface area contributed by atoms with Crippen LogP contribution in [0.25, 0.3) is 0 Å². The molecule has 0 saturated carbocycles. The molecule has 0 N–H and O–H groups in total. The van der Waals surface area contributed by atoms with Crippen molar-refractivity contribution < 1.29 is 14.3 Å². The lowest BCUT2D eigenvalue weighted by Crippen LogP contribution is -2.40. The summed E-state index contributed by atoms with van der Waals surface area (Å²) in [5.41, 5.74) is 5.85. The second-order valence-corrected chi connectivity index (χ2v) is 10.7. The number of unbranched alkanes of at least 4 members (excludes halogenated alkanes) is 1. The number of aryl methyl sites for hydroxylation is 2. The first-order chi connectivity index (χ1) is 19.3. The number of benzene rings is 3. The number of hydrogen-bond acceptors (Lipinski definition) is 5. The Kier molecular flexibility index (Phi) is 7.83. The van der Waals surface area contributed by atoms with Gasteiger partial charge in [0, 0.05) is 17.3 Å². The number of hydrogen-bond donors (Lipinski definition) is 0. The van der Waals surface area contributed by atoms with Crippen LogP contribution in [-0.4, -0.2) is 29.8 Å². The summed E-state index contributed by atoms with van der Waals surface area (Å²) in [7, 11) is 0. The molecule has 7 heteroatoms. The molecule has 0 radical (unpaired) electrons. The Morgan fingerprint density at radius 3 is 1.57 bits per heavy atom. The van der Waals surface area contributed by atoms with Crippen LogP contribution in [0.3, 0.4) is 0 Å². The van der Waals surface area contributed by atoms with Gasteiger partial charge in [0.1, 0.15) is 5.75 Å². The van der Waals surface area contributed by atoms with Gasteiger partial charge in [0.25, 0.3) is 11.8 Å². The zero-order valence-electron chi connectivity index (χ0n) is 23.8. The van der Waals surface area contributed by atoms with Gasteiger partial charge in [-0.15, -0.1) is 0 Å². The van der Waals surface area contributed by atoms with E-state index in [2.05, 4.69) is 17.1 Å². The van der Waals surface area contributed by atoms with Gasteiger partial charge in [0.2, 0.25) is 0 Å². The Balaban J connectivity index is 1.52. The van der Waals surface area contributed by atoms with Crippen molar-refractivity contribution in [3.8, 4) is 5.75 Å². The molecule has 2 atom stereocenters. The fraction of sp³-hybridized carbons (Fsp3) is 0.333. The third kappa shape index (κ3) is 5.28. The lowest BCUT2D eigenvalue weighted by Gasteiger charge is -2.29. The second-order valence-electron chi connectivity index (χ2n) is 10.7. The van der Waals surface area contributed by atoms with E-state index >= 15 is 0 Å². The number of carbonyl (C=O) groups is 2. The van der Waals surface area contributed by atoms with Crippen molar-refractivity contribution in [1.82, 2.24) is 0 Å². The van der Waals surface area contributed by atoms with Gasteiger partial charge in [0.15, 0.2) is 0 Å². The SMILES string of the molecule is CCCCOc1ccc(C(C2C(=O)N(c3ccc(C)cc3)N=C2C)C2C(=O)N(c3ccc(C)cc3)N=C2C)cc1. The van der Waals surface area contributed by atoms with Crippen molar-refractivity contribution in [2.45, 2.75) is 53.4 Å². The van der Waals surface area contributed by atoms with Crippen molar-refractivity contribution in [2.24, 2.45) is 22.0 Å². The van der Waals surface area contributed by atoms with Crippen molar-refractivity contribution in [3.63, 3.8) is 0 Å². The molecular formula is C33H36N4O3. The van der Waals surface area contributed by atoms with Crippen molar-refractivity contribution >= 4 is 34.6 Å². The molecule has 2 amide bonds. The standard InChI is InChI=1S/C33H36N4O3/c1-6-7-20-40-28-18-12-25(13-19-28)31(29-23(4)34-36(32(29)38)26-14-8-21(2)9-15-26)30-24(5)35-37(33(30)39)27-16-10-22(3)11-17-27/h8-19,29-31H,6-7,20H2,1-5H3. The van der Waals surface area contributed by atoms with Gasteiger partial charge in [0.05, 0.1) is 29.8 Å². The largest absolute Gasteiger partial charge is 0.494 e. The lowest BCUT2D eigenvalue weighted by atomic mass is 9.73. The maximum Gasteiger partial charge on any atom is 0.256 e. The summed E-state index contributed by atoms with van der Waals surface area (Å²) in [6.07, 6.45) is 2.03. The van der Waals surface area contributed by atoms with Crippen LogP contribution < -0.4 is 14.8 Å². The van der Waals surface area contributed by atoms with Crippen molar-refractivity contribution in [3.05, 3.63) is 89.5 Å². The number of rotatable bonds is 9. The molecule has 3 aromatic rings. The van der Waals surface area contributed by atoms with Gasteiger partial charge in [-0.3, -0.25) is 9.59 Å². The summed E-state index contributed by atoms with van der Waals surface area (Å²) in [4.78, 5) is 28.1. The third-order valence-corrected chi connectivity index (χ3v) is 7.67. The van der Waals surface area contributed by atoms with Gasteiger partial charge in [-0.05, 0) is 76.1 Å². The van der Waals surface area contributed by atoms with Crippen LogP contribution in [-0.2, 0) is 9.59 Å². The first-order valence-corrected chi connectivity index (χ1v) is 13.9. The van der Waals surface area contributed by atoms with Crippen LogP contribution in [0.4, 0.5) is 11.4 Å². The van der Waals surface area contributed by atoms with Crippen LogP contribution in [0.2, 0.25) is 0 Å². The molecule has 7 nitrogen and oxygen atoms in total. The van der Waals surface area contributed by atoms with Gasteiger partial charge in [-0.25, -0.2) is 10.0 Å². The van der Waals surface area contributed by atoms with E-state index in [9.17, 15) is 9.59 Å². The Labute approximate surface area is 236 Å². The summed E-state index contributed by atoms with van der Waals surface area (Å²) >= 11 is 0. The minimum atomic E-state index is -0.620. The fourth-order valence-electron chi connectivity index (χ4n) is 5.43. The monoisotopic (exact) mass is 536 g/mol. The molecule has 0 fully saturated rings. The number of nitrogens with zero attached hydrogens (tertiary/aromatic N) is 4. The summed E-state index contributed by atoms with van der Waals surface area (Å²) in [5.74, 6) is -1.25. The highest BCUT2D eigenvalue weighted by molar-refractivity contribution is 6.19. The van der Waals surface area contributed by atoms with E-state index in [4.69, 9.17) is 4.74 Å². The van der Waals surface area contributed by atoms with Gasteiger partial charge in [-0.2, -0.15) is 10.2 Å². The first-order valence-electron chi connectivity index (χ1n) is 13.9. The van der Waals surface area contributed by atoms with E-state index in [0.717, 1.165) is 35.3 Å². The predicted octanol–water partition coefficient (Wildman–Crippen LogP) is 6.64. The van der Waals surface area contributed by atoms with Crippen LogP contribution >= 0.6 is 0 Å². The van der Waals surface area contributed by atoms with Crippen LogP contribution in [0.15, 0.2) is 83.0 Å². The minimum absolute atomic E-state index is 0.149. The van der Waals surface area contributed by atoms with Crippen molar-refractivity contribution in [2.75, 3.05) is 16.6 Å². The molecule has 2 aliphatic rings. The number of anilines is 2. The zero-order chi connectivity index (χ0) is 28.4. The predicted molar refractivity (Wildman–Crippen MR) is 160 cm³/mol. The third-order valence-electron chi connectivity index (χ3n) is 7.67. The molecule has 2 aliphatic heterocycles. The van der Waals surface area contributed by atoms with E-state index in [1.165, 1.54) is 10.0 Å². The van der Waals surface area contributed by atoms with Gasteiger partial charge < -0.3 is 4.74 Å². The van der Waals surface area contributed by atoms with E-state index in [1.807, 2.05) is 100 Å². The second kappa shape index (κ2) is 11.5. The van der Waals surface area contributed by atoms with Crippen LogP contribution in [0.1, 0.15) is 56.2 Å². The first kappa shape index (κ1) is 27.3. The zero-order valence-corrected chi connectivity index (χ0v) is 23.8. The van der Waals surface area contributed by atoms with Crippen molar-refractivity contribution in [1.29, 1.82) is 0 Å². The number of amides is 2. The van der Waals surface area contributed by atoms with Gasteiger partial charge >= 0.3 is 0 Å². The number of hydrazone groups is 2. The molecule has 0 aromatic heterocycles. The molecule has 5 rings (SSSR count). The molecule has 0 bridgehead atoms. The highest BCUT2D eigenvalue weighted by Crippen LogP contribution is 2.43. The topological polar surface area (TPSA) is 74.6 Å². The van der Waals surface area contributed by atoms with E-state index < -0.39 is 17.8 Å². The summed E-state index contributed by atoms with van der Waals surface area (Å²) < 4.78 is 5.89. The van der Waals surface area contributed by atoms with E-state index in [-0.39, 0.29) is 11.8 Å². The quantitative estimate of drug-likeness (QED) is 0.288. The molecule has 2 heterocycles. The minimum Gasteiger partial charge on any atom is -0.494 e. The Hall–Kier alpha value is -4.26. The molecule has 206 valence electrons. The average molecular weight is 537 g/mol. The number of carbonyl (C=O) groups excluding carboxylic acids is 2. The summed E-state index contributed by atoms with van der Waals surface area (Å²) in [6, 6.07) is 23.2. The molecule has 0 saturated heterocycles. The Bertz CT molecular complexity index is 1360. The maximum absolute atomic E-state index is 14.0. The molecule has 2 unspecified atom stereocenters. The number of ether oxygens (including phenoxy) is 1. The Morgan fingerprint density at radius 1 is 0.700 bits per heavy atom. The smallest absolute Gasteiger partial charge is 0.256 e. The summed E-state index contributed by atoms with van der Waals surface area (Å²) in [6.45, 7) is 10.5. The molecular weight excluding hydrogens is 500 g/mol. The summed E-state index contributed by atoms with van der Waals surface area (Å²) in [5, 5.41) is 12.3. The van der Waals surface area contributed by atoms with E-state index in [1.54, 1.807) is 0 Å². The van der Waals surface area contributed by atoms with E-state index in [0.29, 0.717) is 29.4 Å². The molecule has 0 spiro atoms. The fourth-order valence-corrected chi connectivity index (χ4v) is 5.43.